The maximum atomic E-state index is 11.7. The molecular formula is C10H17N3O2. The first kappa shape index (κ1) is 10.3. The van der Waals surface area contributed by atoms with Crippen LogP contribution in [-0.4, -0.2) is 66.4 Å². The van der Waals surface area contributed by atoms with Crippen LogP contribution in [0.3, 0.4) is 0 Å². The number of hydrogen-bond donors (Lipinski definition) is 0. The van der Waals surface area contributed by atoms with E-state index in [4.69, 9.17) is 0 Å². The van der Waals surface area contributed by atoms with Crippen molar-refractivity contribution < 1.29 is 9.59 Å². The number of urea groups is 1. The molecule has 84 valence electrons. The Hall–Kier alpha value is -1.26. The maximum Gasteiger partial charge on any atom is 0.319 e. The molecule has 2 saturated heterocycles. The summed E-state index contributed by atoms with van der Waals surface area (Å²) in [6.07, 6.45) is 1.55. The molecular weight excluding hydrogens is 194 g/mol. The molecule has 2 aliphatic rings. The van der Waals surface area contributed by atoms with Gasteiger partial charge in [0.05, 0.1) is 0 Å². The van der Waals surface area contributed by atoms with Gasteiger partial charge in [0, 0.05) is 46.2 Å². The summed E-state index contributed by atoms with van der Waals surface area (Å²) in [5.74, 6) is 0.247. The third-order valence-electron chi connectivity index (χ3n) is 3.15. The molecule has 1 atom stereocenters. The lowest BCUT2D eigenvalue weighted by molar-refractivity contribution is -0.130. The van der Waals surface area contributed by atoms with E-state index in [1.807, 2.05) is 9.80 Å². The van der Waals surface area contributed by atoms with Crippen LogP contribution in [0.4, 0.5) is 4.79 Å². The Morgan fingerprint density at radius 3 is 2.80 bits per heavy atom. The highest BCUT2D eigenvalue weighted by Gasteiger charge is 2.37. The molecule has 1 unspecified atom stereocenters. The van der Waals surface area contributed by atoms with Crippen molar-refractivity contribution >= 4 is 11.9 Å². The summed E-state index contributed by atoms with van der Waals surface area (Å²) >= 11 is 0. The van der Waals surface area contributed by atoms with Gasteiger partial charge < -0.3 is 14.7 Å². The van der Waals surface area contributed by atoms with Gasteiger partial charge in [-0.15, -0.1) is 0 Å². The van der Waals surface area contributed by atoms with E-state index in [1.54, 1.807) is 19.0 Å². The van der Waals surface area contributed by atoms with Crippen molar-refractivity contribution in [2.75, 3.05) is 33.7 Å². The molecule has 2 heterocycles. The van der Waals surface area contributed by atoms with Crippen molar-refractivity contribution in [2.24, 2.45) is 0 Å². The molecule has 0 saturated carbocycles. The fraction of sp³-hybridized carbons (Fsp3) is 0.800. The van der Waals surface area contributed by atoms with Crippen LogP contribution in [0.15, 0.2) is 0 Å². The van der Waals surface area contributed by atoms with E-state index < -0.39 is 0 Å². The van der Waals surface area contributed by atoms with Crippen LogP contribution in [0.1, 0.15) is 12.8 Å². The predicted octanol–water partition coefficient (Wildman–Crippen LogP) is -0.0254. The zero-order valence-corrected chi connectivity index (χ0v) is 9.27. The van der Waals surface area contributed by atoms with Gasteiger partial charge in [0.2, 0.25) is 5.91 Å². The highest BCUT2D eigenvalue weighted by Crippen LogP contribution is 2.22. The van der Waals surface area contributed by atoms with E-state index >= 15 is 0 Å². The number of piperazine rings is 1. The molecule has 0 bridgehead atoms. The van der Waals surface area contributed by atoms with E-state index in [9.17, 15) is 9.59 Å². The molecule has 0 aromatic heterocycles. The molecule has 5 heteroatoms. The van der Waals surface area contributed by atoms with Crippen molar-refractivity contribution in [3.63, 3.8) is 0 Å². The first-order valence-corrected chi connectivity index (χ1v) is 5.35. The molecule has 3 amide bonds. The average molecular weight is 211 g/mol. The number of hydrogen-bond acceptors (Lipinski definition) is 2. The van der Waals surface area contributed by atoms with Crippen LogP contribution in [0.25, 0.3) is 0 Å². The van der Waals surface area contributed by atoms with Crippen LogP contribution < -0.4 is 0 Å². The van der Waals surface area contributed by atoms with Crippen LogP contribution in [-0.2, 0) is 4.79 Å². The summed E-state index contributed by atoms with van der Waals surface area (Å²) in [5, 5.41) is 0. The molecule has 0 N–H and O–H groups in total. The topological polar surface area (TPSA) is 43.9 Å². The summed E-state index contributed by atoms with van der Waals surface area (Å²) in [5.41, 5.74) is 0. The van der Waals surface area contributed by atoms with E-state index in [0.717, 1.165) is 6.42 Å². The highest BCUT2D eigenvalue weighted by molar-refractivity contribution is 5.80. The van der Waals surface area contributed by atoms with Gasteiger partial charge in [-0.3, -0.25) is 4.79 Å². The van der Waals surface area contributed by atoms with E-state index in [-0.39, 0.29) is 18.0 Å². The largest absolute Gasteiger partial charge is 0.336 e. The standard InChI is InChI=1S/C10H17N3O2/c1-11(2)10(15)12-5-6-13-8(7-12)3-4-9(13)14/h8H,3-7H2,1-2H3. The Labute approximate surface area is 89.6 Å². The van der Waals surface area contributed by atoms with Gasteiger partial charge in [-0.2, -0.15) is 0 Å². The monoisotopic (exact) mass is 211 g/mol. The molecule has 2 rings (SSSR count). The number of carbonyl (C=O) groups excluding carboxylic acids is 2. The summed E-state index contributed by atoms with van der Waals surface area (Å²) in [6.45, 7) is 2.06. The molecule has 5 nitrogen and oxygen atoms in total. The minimum absolute atomic E-state index is 0.0500. The van der Waals surface area contributed by atoms with E-state index in [0.29, 0.717) is 26.1 Å². The molecule has 15 heavy (non-hydrogen) atoms. The Kier molecular flexibility index (Phi) is 2.54. The molecule has 2 aliphatic heterocycles. The number of nitrogens with zero attached hydrogens (tertiary/aromatic N) is 3. The number of carbonyl (C=O) groups is 2. The lowest BCUT2D eigenvalue weighted by Gasteiger charge is -2.38. The smallest absolute Gasteiger partial charge is 0.319 e. The molecule has 0 aromatic rings. The molecule has 0 aliphatic carbocycles. The van der Waals surface area contributed by atoms with Gasteiger partial charge in [-0.25, -0.2) is 4.79 Å². The fourth-order valence-electron chi connectivity index (χ4n) is 2.32. The zero-order chi connectivity index (χ0) is 11.0. The third kappa shape index (κ3) is 1.78. The predicted molar refractivity (Wildman–Crippen MR) is 55.4 cm³/mol. The van der Waals surface area contributed by atoms with Gasteiger partial charge >= 0.3 is 6.03 Å². The lowest BCUT2D eigenvalue weighted by Crippen LogP contribution is -2.55. The van der Waals surface area contributed by atoms with Gasteiger partial charge in [-0.05, 0) is 6.42 Å². The van der Waals surface area contributed by atoms with Gasteiger partial charge in [0.25, 0.3) is 0 Å². The van der Waals surface area contributed by atoms with E-state index in [2.05, 4.69) is 0 Å². The van der Waals surface area contributed by atoms with Crippen LogP contribution in [0.5, 0.6) is 0 Å². The second-order valence-electron chi connectivity index (χ2n) is 4.40. The average Bonchev–Trinajstić information content (AvgIpc) is 2.59. The van der Waals surface area contributed by atoms with Crippen molar-refractivity contribution in [1.29, 1.82) is 0 Å². The Bertz CT molecular complexity index is 290. The third-order valence-corrected chi connectivity index (χ3v) is 3.15. The second-order valence-corrected chi connectivity index (χ2v) is 4.40. The molecule has 2 fully saturated rings. The Balaban J connectivity index is 1.99. The molecule has 0 spiro atoms. The van der Waals surface area contributed by atoms with Crippen LogP contribution in [0, 0.1) is 0 Å². The van der Waals surface area contributed by atoms with Crippen molar-refractivity contribution in [2.45, 2.75) is 18.9 Å². The second kappa shape index (κ2) is 3.72. The quantitative estimate of drug-likeness (QED) is 0.565. The molecule has 0 radical (unpaired) electrons. The number of rotatable bonds is 0. The van der Waals surface area contributed by atoms with Crippen molar-refractivity contribution in [1.82, 2.24) is 14.7 Å². The number of fused-ring (bicyclic) bond motifs is 1. The van der Waals surface area contributed by atoms with E-state index in [1.165, 1.54) is 0 Å². The minimum Gasteiger partial charge on any atom is -0.336 e. The highest BCUT2D eigenvalue weighted by atomic mass is 16.2. The zero-order valence-electron chi connectivity index (χ0n) is 9.27. The van der Waals surface area contributed by atoms with Crippen LogP contribution >= 0.6 is 0 Å². The minimum atomic E-state index is 0.0500. The van der Waals surface area contributed by atoms with Gasteiger partial charge in [-0.1, -0.05) is 0 Å². The SMILES string of the molecule is CN(C)C(=O)N1CCN2C(=O)CCC2C1. The van der Waals surface area contributed by atoms with Crippen LogP contribution in [0.2, 0.25) is 0 Å². The van der Waals surface area contributed by atoms with Crippen molar-refractivity contribution in [3.05, 3.63) is 0 Å². The first-order valence-electron chi connectivity index (χ1n) is 5.35. The van der Waals surface area contributed by atoms with Crippen molar-refractivity contribution in [3.8, 4) is 0 Å². The summed E-state index contributed by atoms with van der Waals surface area (Å²) < 4.78 is 0. The normalized spacial score (nSPS) is 25.5. The summed E-state index contributed by atoms with van der Waals surface area (Å²) in [7, 11) is 3.52. The Morgan fingerprint density at radius 2 is 2.13 bits per heavy atom. The fourth-order valence-corrected chi connectivity index (χ4v) is 2.32. The summed E-state index contributed by atoms with van der Waals surface area (Å²) in [4.78, 5) is 28.5. The molecule has 0 aromatic carbocycles. The summed E-state index contributed by atoms with van der Waals surface area (Å²) in [6, 6.07) is 0.309. The van der Waals surface area contributed by atoms with Gasteiger partial charge in [0.1, 0.15) is 0 Å². The first-order chi connectivity index (χ1) is 7.09. The van der Waals surface area contributed by atoms with Gasteiger partial charge in [0.15, 0.2) is 0 Å². The number of amides is 3. The Morgan fingerprint density at radius 1 is 1.40 bits per heavy atom. The lowest BCUT2D eigenvalue weighted by atomic mass is 10.1. The maximum absolute atomic E-state index is 11.7.